The highest BCUT2D eigenvalue weighted by Gasteiger charge is 2.33. The first-order valence-electron chi connectivity index (χ1n) is 9.59. The Morgan fingerprint density at radius 1 is 0.875 bits per heavy atom. The third-order valence-corrected chi connectivity index (χ3v) is 7.22. The minimum atomic E-state index is -1.93. The molecule has 0 fully saturated rings. The van der Waals surface area contributed by atoms with Gasteiger partial charge in [0, 0.05) is 18.0 Å². The summed E-state index contributed by atoms with van der Waals surface area (Å²) in [7, 11) is -1.93. The molecule has 0 saturated carbocycles. The molecule has 0 aliphatic rings. The summed E-state index contributed by atoms with van der Waals surface area (Å²) in [5, 5.41) is 0. The van der Waals surface area contributed by atoms with Gasteiger partial charge in [-0.25, -0.2) is 4.21 Å². The van der Waals surface area contributed by atoms with Gasteiger partial charge in [0.25, 0.3) is 0 Å². The molecule has 0 radical (unpaired) electrons. The molecule has 0 heterocycles. The van der Waals surface area contributed by atoms with Crippen molar-refractivity contribution in [1.82, 2.24) is 0 Å². The van der Waals surface area contributed by atoms with E-state index >= 15 is 0 Å². The fourth-order valence-corrected chi connectivity index (χ4v) is 6.12. The number of unbranched alkanes of at least 4 members (excludes halogenated alkanes) is 5. The van der Waals surface area contributed by atoms with Crippen LogP contribution in [0.25, 0.3) is 0 Å². The van der Waals surface area contributed by atoms with Crippen molar-refractivity contribution in [3.8, 4) is 0 Å². The van der Waals surface area contributed by atoms with Crippen LogP contribution in [-0.4, -0.2) is 35.3 Å². The van der Waals surface area contributed by atoms with E-state index < -0.39 is 19.6 Å². The molecule has 0 aliphatic carbocycles. The molecule has 148 valence electrons. The summed E-state index contributed by atoms with van der Waals surface area (Å²) in [5.41, 5.74) is 0. The van der Waals surface area contributed by atoms with E-state index in [0.29, 0.717) is 5.75 Å². The van der Waals surface area contributed by atoms with E-state index in [4.69, 9.17) is 13.4 Å². The van der Waals surface area contributed by atoms with Crippen LogP contribution in [0.15, 0.2) is 0 Å². The van der Waals surface area contributed by atoms with E-state index in [1.807, 2.05) is 0 Å². The summed E-state index contributed by atoms with van der Waals surface area (Å²) in [6.45, 7) is 14.9. The van der Waals surface area contributed by atoms with Gasteiger partial charge >= 0.3 is 8.56 Å². The minimum Gasteiger partial charge on any atom is -0.392 e. The first kappa shape index (κ1) is 26.5. The second kappa shape index (κ2) is 16.7. The van der Waals surface area contributed by atoms with Crippen LogP contribution in [-0.2, 0) is 19.9 Å². The predicted octanol–water partition coefficient (Wildman–Crippen LogP) is 5.89. The predicted molar refractivity (Wildman–Crippen MR) is 108 cm³/mol. The van der Waals surface area contributed by atoms with Crippen LogP contribution in [0.2, 0.25) is 12.6 Å². The van der Waals surface area contributed by atoms with Crippen molar-refractivity contribution in [2.45, 2.75) is 111 Å². The van der Waals surface area contributed by atoms with E-state index in [1.54, 1.807) is 0 Å². The Kier molecular flexibility index (Phi) is 18.4. The molecule has 1 unspecified atom stereocenters. The highest BCUT2D eigenvalue weighted by atomic mass is 32.2. The number of hydrogen-bond acceptors (Lipinski definition) is 3. The van der Waals surface area contributed by atoms with E-state index in [1.165, 1.54) is 25.7 Å². The van der Waals surface area contributed by atoms with Crippen molar-refractivity contribution in [1.29, 1.82) is 0 Å². The Morgan fingerprint density at radius 2 is 1.33 bits per heavy atom. The van der Waals surface area contributed by atoms with Crippen molar-refractivity contribution in [3.63, 3.8) is 0 Å². The second-order valence-corrected chi connectivity index (χ2v) is 11.3. The molecule has 4 nitrogen and oxygen atoms in total. The van der Waals surface area contributed by atoms with Gasteiger partial charge < -0.3 is 13.4 Å². The zero-order valence-corrected chi connectivity index (χ0v) is 18.9. The molecule has 0 aromatic carbocycles. The molecule has 0 saturated heterocycles. The van der Waals surface area contributed by atoms with Gasteiger partial charge in [0.05, 0.1) is 0 Å². The quantitative estimate of drug-likeness (QED) is 0.245. The first-order chi connectivity index (χ1) is 11.2. The van der Waals surface area contributed by atoms with Gasteiger partial charge in [-0.2, -0.15) is 0 Å². The average molecular weight is 383 g/mol. The number of rotatable bonds is 13. The molecule has 0 aromatic heterocycles. The van der Waals surface area contributed by atoms with Gasteiger partial charge in [0.1, 0.15) is 0 Å². The van der Waals surface area contributed by atoms with E-state index in [2.05, 4.69) is 48.1 Å². The Labute approximate surface area is 154 Å². The van der Waals surface area contributed by atoms with Gasteiger partial charge in [-0.15, -0.1) is 0 Å². The van der Waals surface area contributed by atoms with Gasteiger partial charge in [-0.05, 0) is 46.7 Å². The smallest absolute Gasteiger partial charge is 0.335 e. The molecule has 1 N–H and O–H groups in total. The van der Waals surface area contributed by atoms with E-state index in [0.717, 1.165) is 25.3 Å². The van der Waals surface area contributed by atoms with Crippen molar-refractivity contribution >= 4 is 19.6 Å². The minimum absolute atomic E-state index is 0.279. The molecule has 0 aliphatic heterocycles. The van der Waals surface area contributed by atoms with Crippen molar-refractivity contribution in [3.05, 3.63) is 0 Å². The van der Waals surface area contributed by atoms with Crippen LogP contribution in [0.4, 0.5) is 0 Å². The van der Waals surface area contributed by atoms with Crippen molar-refractivity contribution in [2.75, 3.05) is 5.75 Å². The Hall–Kier alpha value is 0.247. The summed E-state index contributed by atoms with van der Waals surface area (Å²) in [4.78, 5) is 0. The first-order valence-corrected chi connectivity index (χ1v) is 13.4. The summed E-state index contributed by atoms with van der Waals surface area (Å²) in [6.07, 6.45) is 8.77. The lowest BCUT2D eigenvalue weighted by molar-refractivity contribution is 0.109. The molecule has 0 rings (SSSR count). The lowest BCUT2D eigenvalue weighted by Gasteiger charge is -2.31. The molecule has 0 bridgehead atoms. The molecule has 24 heavy (non-hydrogen) atoms. The fourth-order valence-electron chi connectivity index (χ4n) is 2.49. The Morgan fingerprint density at radius 3 is 1.71 bits per heavy atom. The molecular weight excluding hydrogens is 340 g/mol. The fraction of sp³-hybridized carbons (Fsp3) is 1.00. The second-order valence-electron chi connectivity index (χ2n) is 7.01. The summed E-state index contributed by atoms with van der Waals surface area (Å²) >= 11 is -1.57. The monoisotopic (exact) mass is 382 g/mol. The van der Waals surface area contributed by atoms with E-state index in [9.17, 15) is 4.21 Å². The SMILES string of the molecule is CCCCCC[Si](C)(OC(C)C)OC(C)C.CCCCCS(=O)O. The standard InChI is InChI=1S/C13H30O2Si.C5H12O2S/c1-7-8-9-10-11-16(6,14-12(2)3)15-13(4)5;1-2-3-4-5-8(6)7/h12-13H,7-11H2,1-6H3;2-5H2,1H3,(H,6,7). The maximum absolute atomic E-state index is 9.99. The normalized spacial score (nSPS) is 13.1. The van der Waals surface area contributed by atoms with Gasteiger partial charge in [0.15, 0.2) is 11.1 Å². The van der Waals surface area contributed by atoms with Crippen LogP contribution in [0.1, 0.15) is 86.5 Å². The van der Waals surface area contributed by atoms with Crippen LogP contribution in [0.5, 0.6) is 0 Å². The highest BCUT2D eigenvalue weighted by Crippen LogP contribution is 2.21. The number of hydrogen-bond donors (Lipinski definition) is 1. The van der Waals surface area contributed by atoms with E-state index in [-0.39, 0.29) is 12.2 Å². The Bertz CT molecular complexity index is 289. The zero-order chi connectivity index (χ0) is 19.0. The molecule has 0 aromatic rings. The molecule has 0 amide bonds. The third kappa shape index (κ3) is 20.3. The van der Waals surface area contributed by atoms with Gasteiger partial charge in [-0.3, -0.25) is 0 Å². The summed E-state index contributed by atoms with van der Waals surface area (Å²) in [6, 6.07) is 1.13. The van der Waals surface area contributed by atoms with Crippen molar-refractivity contribution in [2.24, 2.45) is 0 Å². The maximum atomic E-state index is 9.99. The molecule has 6 heteroatoms. The summed E-state index contributed by atoms with van der Waals surface area (Å²) in [5.74, 6) is 0.438. The van der Waals surface area contributed by atoms with Crippen LogP contribution in [0, 0.1) is 0 Å². The van der Waals surface area contributed by atoms with Gasteiger partial charge in [0.2, 0.25) is 0 Å². The molecular formula is C18H42O4SSi. The van der Waals surface area contributed by atoms with Crippen LogP contribution < -0.4 is 0 Å². The maximum Gasteiger partial charge on any atom is 0.335 e. The molecule has 0 spiro atoms. The third-order valence-electron chi connectivity index (χ3n) is 3.38. The highest BCUT2D eigenvalue weighted by molar-refractivity contribution is 7.79. The van der Waals surface area contributed by atoms with Crippen LogP contribution in [0.3, 0.4) is 0 Å². The van der Waals surface area contributed by atoms with Crippen molar-refractivity contribution < 1.29 is 17.6 Å². The molecule has 1 atom stereocenters. The van der Waals surface area contributed by atoms with Gasteiger partial charge in [-0.1, -0.05) is 52.4 Å². The zero-order valence-electron chi connectivity index (χ0n) is 17.1. The average Bonchev–Trinajstić information content (AvgIpc) is 2.42. The lowest BCUT2D eigenvalue weighted by atomic mass is 10.2. The lowest BCUT2D eigenvalue weighted by Crippen LogP contribution is -2.42. The van der Waals surface area contributed by atoms with Crippen LogP contribution >= 0.6 is 0 Å². The Balaban J connectivity index is 0. The topological polar surface area (TPSA) is 55.8 Å². The summed E-state index contributed by atoms with van der Waals surface area (Å²) < 4.78 is 30.3. The largest absolute Gasteiger partial charge is 0.392 e.